The first kappa shape index (κ1) is 14.8. The van der Waals surface area contributed by atoms with Crippen LogP contribution in [0.4, 0.5) is 5.82 Å². The van der Waals surface area contributed by atoms with Crippen molar-refractivity contribution in [3.8, 4) is 0 Å². The zero-order valence-corrected chi connectivity index (χ0v) is 12.7. The molecule has 2 aromatic rings. The molecule has 5 heteroatoms. The van der Waals surface area contributed by atoms with Gasteiger partial charge < -0.3 is 14.6 Å². The Bertz CT molecular complexity index is 669. The first-order chi connectivity index (χ1) is 10.8. The largest absolute Gasteiger partial charge is 0.373 e. The number of anilines is 1. The van der Waals surface area contributed by atoms with Crippen molar-refractivity contribution < 1.29 is 4.74 Å². The summed E-state index contributed by atoms with van der Waals surface area (Å²) in [7, 11) is 0. The van der Waals surface area contributed by atoms with E-state index in [0.29, 0.717) is 24.8 Å². The smallest absolute Gasteiger partial charge is 0.293 e. The summed E-state index contributed by atoms with van der Waals surface area (Å²) in [6, 6.07) is 10.2. The van der Waals surface area contributed by atoms with Crippen molar-refractivity contribution in [1.82, 2.24) is 9.55 Å². The second kappa shape index (κ2) is 6.75. The fraction of sp³-hybridized carbons (Fsp3) is 0.412. The quantitative estimate of drug-likeness (QED) is 0.921. The third-order valence-corrected chi connectivity index (χ3v) is 4.13. The number of aryl methyl sites for hydroxylation is 1. The second-order valence-electron chi connectivity index (χ2n) is 5.50. The molecular weight excluding hydrogens is 278 g/mol. The highest BCUT2D eigenvalue weighted by atomic mass is 16.5. The Balaban J connectivity index is 1.70. The highest BCUT2D eigenvalue weighted by molar-refractivity contribution is 5.31. The van der Waals surface area contributed by atoms with Crippen LogP contribution in [0.25, 0.3) is 0 Å². The minimum atomic E-state index is -0.0693. The van der Waals surface area contributed by atoms with Gasteiger partial charge in [0, 0.05) is 38.0 Å². The summed E-state index contributed by atoms with van der Waals surface area (Å²) < 4.78 is 7.52. The van der Waals surface area contributed by atoms with E-state index in [9.17, 15) is 4.79 Å². The van der Waals surface area contributed by atoms with Crippen LogP contribution in [0.3, 0.4) is 0 Å². The summed E-state index contributed by atoms with van der Waals surface area (Å²) in [6.07, 6.45) is 4.44. The molecule has 3 rings (SSSR count). The van der Waals surface area contributed by atoms with E-state index in [1.807, 2.05) is 25.1 Å². The van der Waals surface area contributed by atoms with Crippen molar-refractivity contribution in [1.29, 1.82) is 0 Å². The van der Waals surface area contributed by atoms with Gasteiger partial charge in [0.25, 0.3) is 5.56 Å². The molecule has 116 valence electrons. The molecule has 0 radical (unpaired) electrons. The number of hydrogen-bond donors (Lipinski definition) is 1. The first-order valence-electron chi connectivity index (χ1n) is 7.75. The molecule has 1 aliphatic heterocycles. The second-order valence-corrected chi connectivity index (χ2v) is 5.50. The van der Waals surface area contributed by atoms with Crippen LogP contribution < -0.4 is 10.9 Å². The van der Waals surface area contributed by atoms with Gasteiger partial charge >= 0.3 is 0 Å². The lowest BCUT2D eigenvalue weighted by molar-refractivity contribution is 0.0933. The van der Waals surface area contributed by atoms with E-state index in [0.717, 1.165) is 13.0 Å². The van der Waals surface area contributed by atoms with Gasteiger partial charge in [-0.3, -0.25) is 4.79 Å². The predicted molar refractivity (Wildman–Crippen MR) is 85.9 cm³/mol. The van der Waals surface area contributed by atoms with E-state index in [4.69, 9.17) is 4.74 Å². The third kappa shape index (κ3) is 3.04. The van der Waals surface area contributed by atoms with E-state index >= 15 is 0 Å². The topological polar surface area (TPSA) is 56.1 Å². The lowest BCUT2D eigenvalue weighted by Gasteiger charge is -2.19. The SMILES string of the molecule is CCn1ccnc(NC[C@H]2CCO[C@@H]2c2ccccc2)c1=O. The Hall–Kier alpha value is -2.14. The van der Waals surface area contributed by atoms with E-state index < -0.39 is 0 Å². The van der Waals surface area contributed by atoms with Crippen molar-refractivity contribution in [3.05, 3.63) is 58.6 Å². The molecule has 1 aliphatic rings. The molecule has 1 aromatic heterocycles. The van der Waals surface area contributed by atoms with Gasteiger partial charge in [0.05, 0.1) is 6.10 Å². The molecule has 0 spiro atoms. The van der Waals surface area contributed by atoms with Gasteiger partial charge in [0.1, 0.15) is 0 Å². The molecule has 0 saturated carbocycles. The molecular formula is C17H21N3O2. The summed E-state index contributed by atoms with van der Waals surface area (Å²) in [5.41, 5.74) is 1.12. The van der Waals surface area contributed by atoms with E-state index in [1.54, 1.807) is 17.0 Å². The fourth-order valence-corrected chi connectivity index (χ4v) is 2.90. The maximum Gasteiger partial charge on any atom is 0.293 e. The molecule has 1 N–H and O–H groups in total. The molecule has 5 nitrogen and oxygen atoms in total. The summed E-state index contributed by atoms with van der Waals surface area (Å²) in [5, 5.41) is 3.20. The molecule has 2 heterocycles. The van der Waals surface area contributed by atoms with Crippen LogP contribution >= 0.6 is 0 Å². The first-order valence-corrected chi connectivity index (χ1v) is 7.75. The van der Waals surface area contributed by atoms with Crippen molar-refractivity contribution >= 4 is 5.82 Å². The summed E-state index contributed by atoms with van der Waals surface area (Å²) in [4.78, 5) is 16.3. The van der Waals surface area contributed by atoms with Crippen LogP contribution in [0, 0.1) is 5.92 Å². The Kier molecular flexibility index (Phi) is 4.53. The molecule has 0 bridgehead atoms. The average Bonchev–Trinajstić information content (AvgIpc) is 3.03. The van der Waals surface area contributed by atoms with Gasteiger partial charge in [-0.1, -0.05) is 30.3 Å². The Morgan fingerprint density at radius 2 is 2.18 bits per heavy atom. The molecule has 1 saturated heterocycles. The summed E-state index contributed by atoms with van der Waals surface area (Å²) >= 11 is 0. The third-order valence-electron chi connectivity index (χ3n) is 4.13. The minimum absolute atomic E-state index is 0.0693. The maximum absolute atomic E-state index is 12.2. The van der Waals surface area contributed by atoms with Gasteiger partial charge in [-0.15, -0.1) is 0 Å². The van der Waals surface area contributed by atoms with Crippen LogP contribution in [0.1, 0.15) is 25.0 Å². The highest BCUT2D eigenvalue weighted by Gasteiger charge is 2.29. The lowest BCUT2D eigenvalue weighted by Crippen LogP contribution is -2.26. The molecule has 0 amide bonds. The molecule has 22 heavy (non-hydrogen) atoms. The van der Waals surface area contributed by atoms with Crippen molar-refractivity contribution in [2.45, 2.75) is 26.0 Å². The number of hydrogen-bond acceptors (Lipinski definition) is 4. The van der Waals surface area contributed by atoms with E-state index in [-0.39, 0.29) is 11.7 Å². The normalized spacial score (nSPS) is 21.0. The standard InChI is InChI=1S/C17H21N3O2/c1-2-20-10-9-18-16(17(20)21)19-12-14-8-11-22-15(14)13-6-4-3-5-7-13/h3-7,9-10,14-15H,2,8,11-12H2,1H3,(H,18,19)/t14-,15-/m1/s1. The van der Waals surface area contributed by atoms with Crippen LogP contribution in [-0.2, 0) is 11.3 Å². The number of ether oxygens (including phenoxy) is 1. The number of benzene rings is 1. The van der Waals surface area contributed by atoms with Crippen LogP contribution in [-0.4, -0.2) is 22.7 Å². The van der Waals surface area contributed by atoms with Gasteiger partial charge in [-0.25, -0.2) is 4.98 Å². The van der Waals surface area contributed by atoms with Crippen molar-refractivity contribution in [3.63, 3.8) is 0 Å². The van der Waals surface area contributed by atoms with E-state index in [2.05, 4.69) is 22.4 Å². The summed E-state index contributed by atoms with van der Waals surface area (Å²) in [5.74, 6) is 0.766. The Morgan fingerprint density at radius 3 is 2.95 bits per heavy atom. The van der Waals surface area contributed by atoms with Crippen molar-refractivity contribution in [2.24, 2.45) is 5.92 Å². The maximum atomic E-state index is 12.2. The zero-order chi connectivity index (χ0) is 15.4. The zero-order valence-electron chi connectivity index (χ0n) is 12.7. The van der Waals surface area contributed by atoms with Crippen LogP contribution in [0.5, 0.6) is 0 Å². The van der Waals surface area contributed by atoms with Gasteiger partial charge in [0.15, 0.2) is 5.82 Å². The molecule has 2 atom stereocenters. The average molecular weight is 299 g/mol. The van der Waals surface area contributed by atoms with Crippen LogP contribution in [0.2, 0.25) is 0 Å². The predicted octanol–water partition coefficient (Wildman–Crippen LogP) is 2.45. The minimum Gasteiger partial charge on any atom is -0.373 e. The number of rotatable bonds is 5. The lowest BCUT2D eigenvalue weighted by atomic mass is 9.95. The number of nitrogens with zero attached hydrogens (tertiary/aromatic N) is 2. The highest BCUT2D eigenvalue weighted by Crippen LogP contribution is 2.34. The fourth-order valence-electron chi connectivity index (χ4n) is 2.90. The monoisotopic (exact) mass is 299 g/mol. The number of nitrogens with one attached hydrogen (secondary N) is 1. The van der Waals surface area contributed by atoms with Gasteiger partial charge in [-0.2, -0.15) is 0 Å². The van der Waals surface area contributed by atoms with Gasteiger partial charge in [0.2, 0.25) is 0 Å². The van der Waals surface area contributed by atoms with Gasteiger partial charge in [-0.05, 0) is 18.9 Å². The van der Waals surface area contributed by atoms with Crippen LogP contribution in [0.15, 0.2) is 47.5 Å². The molecule has 1 fully saturated rings. The molecule has 0 aliphatic carbocycles. The molecule has 1 aromatic carbocycles. The van der Waals surface area contributed by atoms with Crippen molar-refractivity contribution in [2.75, 3.05) is 18.5 Å². The Morgan fingerprint density at radius 1 is 1.36 bits per heavy atom. The number of aromatic nitrogens is 2. The van der Waals surface area contributed by atoms with E-state index in [1.165, 1.54) is 5.56 Å². The molecule has 0 unspecified atom stereocenters. The summed E-state index contributed by atoms with van der Waals surface area (Å²) in [6.45, 7) is 4.04. The Labute approximate surface area is 130 Å².